The van der Waals surface area contributed by atoms with Crippen LogP contribution in [0, 0.1) is 0 Å². The average molecular weight is 411 g/mol. The molecule has 0 aliphatic carbocycles. The molecular formula is C18H11BrN4OS. The predicted molar refractivity (Wildman–Crippen MR) is 105 cm³/mol. The lowest BCUT2D eigenvalue weighted by Crippen LogP contribution is -2.18. The number of hydrogen-bond acceptors (Lipinski definition) is 5. The van der Waals surface area contributed by atoms with Crippen molar-refractivity contribution in [2.24, 2.45) is 4.99 Å². The number of aromatic nitrogens is 2. The van der Waals surface area contributed by atoms with Crippen LogP contribution in [0.5, 0.6) is 0 Å². The molecule has 1 amide bonds. The van der Waals surface area contributed by atoms with E-state index in [2.05, 4.69) is 36.2 Å². The SMILES string of the molecule is O=C1NC(=Nc2ccc(Br)cc2)C(=Cc2cccc3nccnc23)S1. The minimum Gasteiger partial charge on any atom is -0.300 e. The lowest BCUT2D eigenvalue weighted by Gasteiger charge is -2.03. The van der Waals surface area contributed by atoms with Crippen LogP contribution in [0.1, 0.15) is 5.56 Å². The van der Waals surface area contributed by atoms with Crippen LogP contribution in [-0.2, 0) is 0 Å². The summed E-state index contributed by atoms with van der Waals surface area (Å²) in [6.45, 7) is 0. The van der Waals surface area contributed by atoms with Crippen molar-refractivity contribution in [1.29, 1.82) is 0 Å². The third-order valence-electron chi connectivity index (χ3n) is 3.54. The zero-order chi connectivity index (χ0) is 17.2. The molecule has 3 aromatic rings. The number of halogens is 1. The number of amides is 1. The number of carbonyl (C=O) groups excluding carboxylic acids is 1. The highest BCUT2D eigenvalue weighted by molar-refractivity contribution is 9.10. The van der Waals surface area contributed by atoms with Gasteiger partial charge in [0.05, 0.1) is 21.6 Å². The molecule has 1 fully saturated rings. The first-order valence-electron chi connectivity index (χ1n) is 7.44. The van der Waals surface area contributed by atoms with Crippen LogP contribution >= 0.6 is 27.7 Å². The van der Waals surface area contributed by atoms with E-state index in [0.717, 1.165) is 43.4 Å². The fourth-order valence-corrected chi connectivity index (χ4v) is 3.42. The van der Waals surface area contributed by atoms with Crippen LogP contribution in [0.2, 0.25) is 0 Å². The Morgan fingerprint density at radius 3 is 2.72 bits per heavy atom. The largest absolute Gasteiger partial charge is 0.300 e. The molecule has 0 bridgehead atoms. The van der Waals surface area contributed by atoms with Crippen LogP contribution in [-0.4, -0.2) is 21.0 Å². The first-order chi connectivity index (χ1) is 12.2. The van der Waals surface area contributed by atoms with Crippen molar-refractivity contribution in [3.05, 3.63) is 69.8 Å². The monoisotopic (exact) mass is 410 g/mol. The van der Waals surface area contributed by atoms with Crippen molar-refractivity contribution in [2.75, 3.05) is 0 Å². The van der Waals surface area contributed by atoms with Gasteiger partial charge in [-0.15, -0.1) is 0 Å². The lowest BCUT2D eigenvalue weighted by molar-refractivity contribution is 0.265. The Labute approximate surface area is 156 Å². The number of carbonyl (C=O) groups is 1. The van der Waals surface area contributed by atoms with Gasteiger partial charge in [-0.25, -0.2) is 4.99 Å². The Morgan fingerprint density at radius 1 is 1.08 bits per heavy atom. The fourth-order valence-electron chi connectivity index (χ4n) is 2.43. The van der Waals surface area contributed by atoms with Gasteiger partial charge in [0, 0.05) is 22.4 Å². The summed E-state index contributed by atoms with van der Waals surface area (Å²) in [5, 5.41) is 2.65. The number of amidine groups is 1. The lowest BCUT2D eigenvalue weighted by atomic mass is 10.1. The van der Waals surface area contributed by atoms with Gasteiger partial charge in [-0.2, -0.15) is 0 Å². The Bertz CT molecular complexity index is 1030. The molecule has 1 aliphatic rings. The minimum absolute atomic E-state index is 0.145. The number of nitrogens with zero attached hydrogens (tertiary/aromatic N) is 3. The first kappa shape index (κ1) is 16.0. The molecular weight excluding hydrogens is 400 g/mol. The van der Waals surface area contributed by atoms with E-state index < -0.39 is 0 Å². The summed E-state index contributed by atoms with van der Waals surface area (Å²) < 4.78 is 0.978. The van der Waals surface area contributed by atoms with E-state index in [0.29, 0.717) is 5.84 Å². The molecule has 122 valence electrons. The number of thioether (sulfide) groups is 1. The number of hydrogen-bond donors (Lipinski definition) is 1. The van der Waals surface area contributed by atoms with E-state index in [1.165, 1.54) is 0 Å². The van der Waals surface area contributed by atoms with Gasteiger partial charge in [-0.3, -0.25) is 14.8 Å². The summed E-state index contributed by atoms with van der Waals surface area (Å²) in [7, 11) is 0. The van der Waals surface area contributed by atoms with Gasteiger partial charge < -0.3 is 5.32 Å². The van der Waals surface area contributed by atoms with Gasteiger partial charge in [-0.05, 0) is 48.2 Å². The smallest absolute Gasteiger partial charge is 0.289 e. The topological polar surface area (TPSA) is 67.2 Å². The highest BCUT2D eigenvalue weighted by Crippen LogP contribution is 2.30. The summed E-state index contributed by atoms with van der Waals surface area (Å²) in [5.74, 6) is 0.540. The van der Waals surface area contributed by atoms with Gasteiger partial charge >= 0.3 is 0 Å². The maximum absolute atomic E-state index is 11.9. The van der Waals surface area contributed by atoms with Crippen molar-refractivity contribution in [3.63, 3.8) is 0 Å². The number of fused-ring (bicyclic) bond motifs is 1. The van der Waals surface area contributed by atoms with E-state index in [1.54, 1.807) is 12.4 Å². The van der Waals surface area contributed by atoms with Crippen molar-refractivity contribution < 1.29 is 4.79 Å². The summed E-state index contributed by atoms with van der Waals surface area (Å²) >= 11 is 4.52. The van der Waals surface area contributed by atoms with E-state index in [-0.39, 0.29) is 5.24 Å². The molecule has 0 unspecified atom stereocenters. The third-order valence-corrected chi connectivity index (χ3v) is 4.89. The molecule has 0 atom stereocenters. The Balaban J connectivity index is 1.77. The number of benzene rings is 2. The van der Waals surface area contributed by atoms with E-state index in [4.69, 9.17) is 0 Å². The maximum Gasteiger partial charge on any atom is 0.289 e. The van der Waals surface area contributed by atoms with Crippen LogP contribution in [0.25, 0.3) is 17.1 Å². The zero-order valence-electron chi connectivity index (χ0n) is 12.8. The summed E-state index contributed by atoms with van der Waals surface area (Å²) in [4.78, 5) is 25.9. The van der Waals surface area contributed by atoms with E-state index >= 15 is 0 Å². The Kier molecular flexibility index (Phi) is 4.33. The van der Waals surface area contributed by atoms with Crippen LogP contribution in [0.15, 0.2) is 69.2 Å². The molecule has 1 N–H and O–H groups in total. The molecule has 2 heterocycles. The number of rotatable bonds is 2. The third kappa shape index (κ3) is 3.47. The van der Waals surface area contributed by atoms with E-state index in [1.807, 2.05) is 48.5 Å². The van der Waals surface area contributed by atoms with Gasteiger partial charge in [0.25, 0.3) is 5.24 Å². The molecule has 2 aromatic carbocycles. The molecule has 1 saturated heterocycles. The van der Waals surface area contributed by atoms with Gasteiger partial charge in [0.15, 0.2) is 0 Å². The molecule has 0 spiro atoms. The summed E-state index contributed by atoms with van der Waals surface area (Å²) in [6, 6.07) is 13.4. The molecule has 0 saturated carbocycles. The first-order valence-corrected chi connectivity index (χ1v) is 9.05. The summed E-state index contributed by atoms with van der Waals surface area (Å²) in [5.41, 5.74) is 3.27. The van der Waals surface area contributed by atoms with Crippen LogP contribution in [0.4, 0.5) is 10.5 Å². The van der Waals surface area contributed by atoms with E-state index in [9.17, 15) is 4.79 Å². The van der Waals surface area contributed by atoms with Crippen LogP contribution < -0.4 is 5.32 Å². The second-order valence-corrected chi connectivity index (χ2v) is 7.16. The Morgan fingerprint density at radius 2 is 1.88 bits per heavy atom. The van der Waals surface area contributed by atoms with Gasteiger partial charge in [0.1, 0.15) is 5.84 Å². The van der Waals surface area contributed by atoms with Crippen molar-refractivity contribution in [3.8, 4) is 0 Å². The fraction of sp³-hybridized carbons (Fsp3) is 0. The molecule has 25 heavy (non-hydrogen) atoms. The maximum atomic E-state index is 11.9. The number of nitrogens with one attached hydrogen (secondary N) is 1. The minimum atomic E-state index is -0.145. The normalized spacial score (nSPS) is 17.4. The van der Waals surface area contributed by atoms with Crippen LogP contribution in [0.3, 0.4) is 0 Å². The average Bonchev–Trinajstić information content (AvgIpc) is 2.96. The Hall–Kier alpha value is -2.51. The van der Waals surface area contributed by atoms with Gasteiger partial charge in [0.2, 0.25) is 0 Å². The second kappa shape index (κ2) is 6.78. The standard InChI is InChI=1S/C18H11BrN4OS/c19-12-4-6-13(7-5-12)22-17-15(25-18(24)23-17)10-11-2-1-3-14-16(11)21-9-8-20-14/h1-10H,(H,22,23,24). The molecule has 1 aliphatic heterocycles. The van der Waals surface area contributed by atoms with Crippen molar-refractivity contribution in [1.82, 2.24) is 15.3 Å². The zero-order valence-corrected chi connectivity index (χ0v) is 15.2. The number of aliphatic imine (C=N–C) groups is 1. The molecule has 0 radical (unpaired) electrons. The molecule has 1 aromatic heterocycles. The predicted octanol–water partition coefficient (Wildman–Crippen LogP) is 4.92. The highest BCUT2D eigenvalue weighted by Gasteiger charge is 2.23. The molecule has 4 rings (SSSR count). The quantitative estimate of drug-likeness (QED) is 0.650. The number of para-hydroxylation sites is 1. The highest BCUT2D eigenvalue weighted by atomic mass is 79.9. The molecule has 5 nitrogen and oxygen atoms in total. The molecule has 7 heteroatoms. The van der Waals surface area contributed by atoms with Crippen molar-refractivity contribution >= 4 is 61.6 Å². The summed E-state index contributed by atoms with van der Waals surface area (Å²) in [6.07, 6.45) is 5.23. The second-order valence-electron chi connectivity index (χ2n) is 5.23. The van der Waals surface area contributed by atoms with Gasteiger partial charge in [-0.1, -0.05) is 28.1 Å². The van der Waals surface area contributed by atoms with Crippen molar-refractivity contribution in [2.45, 2.75) is 0 Å².